The molecule has 0 amide bonds. The van der Waals surface area contributed by atoms with Crippen LogP contribution in [0.25, 0.3) is 0 Å². The minimum Gasteiger partial charge on any atom is -0.508 e. The number of hydrogen-bond acceptors (Lipinski definition) is 3. The lowest BCUT2D eigenvalue weighted by Gasteiger charge is -2.08. The number of phenolic OH excluding ortho intramolecular Hbond substituents is 3. The summed E-state index contributed by atoms with van der Waals surface area (Å²) in [6, 6.07) is 2.55. The lowest BCUT2D eigenvalue weighted by atomic mass is 10.0. The molecule has 0 aliphatic rings. The van der Waals surface area contributed by atoms with Crippen LogP contribution in [-0.4, -0.2) is 15.3 Å². The Hall–Kier alpha value is -1.38. The zero-order valence-corrected chi connectivity index (χ0v) is 7.78. The zero-order chi connectivity index (χ0) is 10.0. The van der Waals surface area contributed by atoms with Gasteiger partial charge in [-0.25, -0.2) is 0 Å². The summed E-state index contributed by atoms with van der Waals surface area (Å²) < 4.78 is 0. The molecule has 0 spiro atoms. The second-order valence-corrected chi connectivity index (χ2v) is 3.57. The molecule has 13 heavy (non-hydrogen) atoms. The van der Waals surface area contributed by atoms with E-state index in [4.69, 9.17) is 5.11 Å². The van der Waals surface area contributed by atoms with Gasteiger partial charge in [0.05, 0.1) is 0 Å². The molecule has 0 atom stereocenters. The first-order valence-electron chi connectivity index (χ1n) is 4.24. The third kappa shape index (κ3) is 2.28. The van der Waals surface area contributed by atoms with Crippen LogP contribution < -0.4 is 0 Å². The number of aromatic hydroxyl groups is 3. The lowest BCUT2D eigenvalue weighted by Crippen LogP contribution is -1.94. The smallest absolute Gasteiger partial charge is 0.161 e. The molecule has 3 heteroatoms. The van der Waals surface area contributed by atoms with Crippen molar-refractivity contribution in [1.29, 1.82) is 0 Å². The van der Waals surface area contributed by atoms with Gasteiger partial charge in [-0.1, -0.05) is 13.8 Å². The Kier molecular flexibility index (Phi) is 2.66. The molecular weight excluding hydrogens is 168 g/mol. The van der Waals surface area contributed by atoms with E-state index in [9.17, 15) is 10.2 Å². The second kappa shape index (κ2) is 3.56. The van der Waals surface area contributed by atoms with Crippen molar-refractivity contribution in [3.63, 3.8) is 0 Å². The third-order valence-corrected chi connectivity index (χ3v) is 1.80. The van der Waals surface area contributed by atoms with Crippen LogP contribution in [-0.2, 0) is 6.42 Å². The Morgan fingerprint density at radius 1 is 1.00 bits per heavy atom. The number of hydrogen-bond donors (Lipinski definition) is 3. The fraction of sp³-hybridized carbons (Fsp3) is 0.400. The zero-order valence-electron chi connectivity index (χ0n) is 7.78. The van der Waals surface area contributed by atoms with Crippen molar-refractivity contribution < 1.29 is 15.3 Å². The van der Waals surface area contributed by atoms with E-state index >= 15 is 0 Å². The van der Waals surface area contributed by atoms with E-state index in [1.807, 2.05) is 13.8 Å². The molecule has 0 aromatic heterocycles. The van der Waals surface area contributed by atoms with Crippen molar-refractivity contribution in [2.45, 2.75) is 20.3 Å². The maximum absolute atomic E-state index is 9.39. The molecule has 0 aliphatic heterocycles. The summed E-state index contributed by atoms with van der Waals surface area (Å²) in [6.07, 6.45) is 0.680. The largest absolute Gasteiger partial charge is 0.508 e. The third-order valence-electron chi connectivity index (χ3n) is 1.80. The van der Waals surface area contributed by atoms with Crippen molar-refractivity contribution in [3.8, 4) is 17.2 Å². The van der Waals surface area contributed by atoms with E-state index < -0.39 is 0 Å². The summed E-state index contributed by atoms with van der Waals surface area (Å²) in [5.41, 5.74) is 0.658. The topological polar surface area (TPSA) is 60.7 Å². The van der Waals surface area contributed by atoms with Crippen LogP contribution in [0.4, 0.5) is 0 Å². The fourth-order valence-corrected chi connectivity index (χ4v) is 1.21. The number of benzene rings is 1. The van der Waals surface area contributed by atoms with E-state index in [2.05, 4.69) is 0 Å². The molecule has 72 valence electrons. The van der Waals surface area contributed by atoms with E-state index in [1.54, 1.807) is 0 Å². The predicted octanol–water partition coefficient (Wildman–Crippen LogP) is 2.00. The van der Waals surface area contributed by atoms with Gasteiger partial charge in [-0.15, -0.1) is 0 Å². The van der Waals surface area contributed by atoms with Crippen LogP contribution in [0, 0.1) is 5.92 Å². The average Bonchev–Trinajstić information content (AvgIpc) is 1.99. The standard InChI is InChI=1S/C10H14O3/c1-6(2)3-7-4-9(12)10(13)5-8(7)11/h4-6,11-13H,3H2,1-2H3. The van der Waals surface area contributed by atoms with Crippen molar-refractivity contribution in [3.05, 3.63) is 17.7 Å². The second-order valence-electron chi connectivity index (χ2n) is 3.57. The van der Waals surface area contributed by atoms with E-state index in [0.29, 0.717) is 17.9 Å². The minimum atomic E-state index is -0.287. The molecule has 1 aromatic carbocycles. The predicted molar refractivity (Wildman–Crippen MR) is 50.0 cm³/mol. The minimum absolute atomic E-state index is 0.0315. The average molecular weight is 182 g/mol. The highest BCUT2D eigenvalue weighted by Crippen LogP contribution is 2.33. The SMILES string of the molecule is CC(C)Cc1cc(O)c(O)cc1O. The molecule has 0 heterocycles. The Morgan fingerprint density at radius 3 is 2.08 bits per heavy atom. The van der Waals surface area contributed by atoms with Crippen LogP contribution in [0.5, 0.6) is 17.2 Å². The molecule has 3 nitrogen and oxygen atoms in total. The Bertz CT molecular complexity index is 305. The normalized spacial score (nSPS) is 10.7. The first-order chi connectivity index (χ1) is 6.00. The van der Waals surface area contributed by atoms with Gasteiger partial charge >= 0.3 is 0 Å². The number of phenols is 3. The monoisotopic (exact) mass is 182 g/mol. The van der Waals surface area contributed by atoms with Gasteiger partial charge in [0, 0.05) is 6.07 Å². The van der Waals surface area contributed by atoms with E-state index in [-0.39, 0.29) is 17.2 Å². The molecule has 0 saturated carbocycles. The highest BCUT2D eigenvalue weighted by atomic mass is 16.3. The van der Waals surface area contributed by atoms with Crippen molar-refractivity contribution in [1.82, 2.24) is 0 Å². The molecule has 0 aliphatic carbocycles. The first kappa shape index (κ1) is 9.71. The van der Waals surface area contributed by atoms with Crippen LogP contribution in [0.15, 0.2) is 12.1 Å². The number of rotatable bonds is 2. The summed E-state index contributed by atoms with van der Waals surface area (Å²) in [5.74, 6) is -0.0442. The fourth-order valence-electron chi connectivity index (χ4n) is 1.21. The van der Waals surface area contributed by atoms with Gasteiger partial charge in [0.25, 0.3) is 0 Å². The Balaban J connectivity index is 3.01. The molecule has 0 fully saturated rings. The highest BCUT2D eigenvalue weighted by Gasteiger charge is 2.08. The first-order valence-corrected chi connectivity index (χ1v) is 4.24. The molecule has 1 aromatic rings. The Morgan fingerprint density at radius 2 is 1.54 bits per heavy atom. The summed E-state index contributed by atoms with van der Waals surface area (Å²) in [5, 5.41) is 27.6. The van der Waals surface area contributed by atoms with E-state index in [0.717, 1.165) is 6.07 Å². The molecule has 1 rings (SSSR count). The summed E-state index contributed by atoms with van der Waals surface area (Å²) in [4.78, 5) is 0. The van der Waals surface area contributed by atoms with Crippen LogP contribution in [0.3, 0.4) is 0 Å². The molecule has 3 N–H and O–H groups in total. The summed E-state index contributed by atoms with van der Waals surface area (Å²) in [7, 11) is 0. The molecule has 0 radical (unpaired) electrons. The molecule has 0 unspecified atom stereocenters. The summed E-state index contributed by atoms with van der Waals surface area (Å²) in [6.45, 7) is 4.03. The van der Waals surface area contributed by atoms with Crippen molar-refractivity contribution >= 4 is 0 Å². The van der Waals surface area contributed by atoms with Gasteiger partial charge in [0.2, 0.25) is 0 Å². The van der Waals surface area contributed by atoms with Crippen LogP contribution in [0.1, 0.15) is 19.4 Å². The van der Waals surface area contributed by atoms with Crippen LogP contribution >= 0.6 is 0 Å². The lowest BCUT2D eigenvalue weighted by molar-refractivity contribution is 0.393. The van der Waals surface area contributed by atoms with Gasteiger partial charge in [-0.2, -0.15) is 0 Å². The van der Waals surface area contributed by atoms with Crippen LogP contribution in [0.2, 0.25) is 0 Å². The highest BCUT2D eigenvalue weighted by molar-refractivity contribution is 5.48. The Labute approximate surface area is 77.3 Å². The molecule has 0 bridgehead atoms. The van der Waals surface area contributed by atoms with Crippen molar-refractivity contribution in [2.75, 3.05) is 0 Å². The quantitative estimate of drug-likeness (QED) is 0.484. The van der Waals surface area contributed by atoms with Crippen molar-refractivity contribution in [2.24, 2.45) is 5.92 Å². The van der Waals surface area contributed by atoms with Gasteiger partial charge in [-0.05, 0) is 24.0 Å². The van der Waals surface area contributed by atoms with Gasteiger partial charge in [-0.3, -0.25) is 0 Å². The van der Waals surface area contributed by atoms with Gasteiger partial charge in [0.15, 0.2) is 11.5 Å². The van der Waals surface area contributed by atoms with E-state index in [1.165, 1.54) is 6.07 Å². The summed E-state index contributed by atoms with van der Waals surface area (Å²) >= 11 is 0. The maximum atomic E-state index is 9.39. The molecule has 0 saturated heterocycles. The molecular formula is C10H14O3. The van der Waals surface area contributed by atoms with Gasteiger partial charge in [0.1, 0.15) is 5.75 Å². The van der Waals surface area contributed by atoms with Gasteiger partial charge < -0.3 is 15.3 Å². The maximum Gasteiger partial charge on any atom is 0.161 e.